The molecule has 3 aromatic heterocycles. The normalized spacial score (nSPS) is 20.6. The Labute approximate surface area is 655 Å². The quantitative estimate of drug-likeness (QED) is 0.0370. The minimum absolute atomic E-state index is 0.0436. The minimum atomic E-state index is -1.17. The summed E-state index contributed by atoms with van der Waals surface area (Å²) >= 11 is 3.17. The van der Waals surface area contributed by atoms with Gasteiger partial charge in [-0.2, -0.15) is 5.10 Å². The minimum Gasteiger partial charge on any atom is -0.391 e. The Balaban J connectivity index is 0.000000140. The Kier molecular flexibility index (Phi) is 22.9. The zero-order valence-electron chi connectivity index (χ0n) is 62.6. The fourth-order valence-corrected chi connectivity index (χ4v) is 17.7. The molecule has 28 heteroatoms. The molecular formula is C84H89N13O13S2. The number of carbonyl (C=O) groups excluding carboxylic acids is 9. The van der Waals surface area contributed by atoms with Gasteiger partial charge in [-0.25, -0.2) is 9.97 Å². The van der Waals surface area contributed by atoms with E-state index in [0.717, 1.165) is 76.9 Å². The Morgan fingerprint density at radius 2 is 0.884 bits per heavy atom. The molecule has 112 heavy (non-hydrogen) atoms. The van der Waals surface area contributed by atoms with Crippen molar-refractivity contribution >= 4 is 75.8 Å². The van der Waals surface area contributed by atoms with E-state index in [2.05, 4.69) is 36.1 Å². The van der Waals surface area contributed by atoms with E-state index in [0.29, 0.717) is 55.7 Å². The number of thiazole rings is 2. The monoisotopic (exact) mass is 1550 g/mol. The number of fused-ring (bicyclic) bond motifs is 3. The Hall–Kier alpha value is -11.1. The van der Waals surface area contributed by atoms with E-state index in [9.17, 15) is 63.6 Å². The largest absolute Gasteiger partial charge is 0.391 e. The van der Waals surface area contributed by atoms with E-state index in [1.54, 1.807) is 62.9 Å². The van der Waals surface area contributed by atoms with Crippen molar-refractivity contribution in [1.29, 1.82) is 0 Å². The lowest BCUT2D eigenvalue weighted by atomic mass is 10.0. The summed E-state index contributed by atoms with van der Waals surface area (Å²) in [7, 11) is 0. The van der Waals surface area contributed by atoms with Crippen LogP contribution in [0.1, 0.15) is 129 Å². The molecule has 0 unspecified atom stereocenters. The maximum absolute atomic E-state index is 13.8. The van der Waals surface area contributed by atoms with Crippen LogP contribution in [0.25, 0.3) is 32.1 Å². The molecule has 0 spiro atoms. The molecule has 4 fully saturated rings. The maximum atomic E-state index is 13.8. The number of aromatic amines is 1. The lowest BCUT2D eigenvalue weighted by Gasteiger charge is -2.35. The van der Waals surface area contributed by atoms with Crippen molar-refractivity contribution in [3.8, 4) is 32.1 Å². The summed E-state index contributed by atoms with van der Waals surface area (Å²) in [6, 6.07) is 42.9. The highest BCUT2D eigenvalue weighted by atomic mass is 32.1. The number of H-pyrrole nitrogens is 1. The van der Waals surface area contributed by atoms with Gasteiger partial charge in [0, 0.05) is 101 Å². The fraction of sp³-hybridized carbons (Fsp3) is 0.357. The number of hydrogen-bond donors (Lipinski definition) is 8. The molecule has 8 N–H and O–H groups in total. The van der Waals surface area contributed by atoms with Crippen LogP contribution in [-0.2, 0) is 68.0 Å². The molecule has 3 saturated heterocycles. The molecule has 1 aliphatic carbocycles. The van der Waals surface area contributed by atoms with Crippen LogP contribution in [-0.4, -0.2) is 203 Å². The topological polar surface area (TPSA) is 345 Å². The van der Waals surface area contributed by atoms with Crippen LogP contribution in [0.5, 0.6) is 0 Å². The predicted octanol–water partition coefficient (Wildman–Crippen LogP) is 7.32. The first kappa shape index (κ1) is 77.6. The van der Waals surface area contributed by atoms with Gasteiger partial charge in [-0.15, -0.1) is 22.7 Å². The van der Waals surface area contributed by atoms with Crippen LogP contribution in [0.4, 0.5) is 0 Å². The van der Waals surface area contributed by atoms with Gasteiger partial charge in [0.1, 0.15) is 35.7 Å². The second-order valence-corrected chi connectivity index (χ2v) is 31.7. The highest BCUT2D eigenvalue weighted by Gasteiger charge is 2.61. The van der Waals surface area contributed by atoms with Gasteiger partial charge < -0.3 is 65.8 Å². The van der Waals surface area contributed by atoms with Gasteiger partial charge in [-0.05, 0) is 114 Å². The molecule has 7 aliphatic rings. The lowest BCUT2D eigenvalue weighted by molar-refractivity contribution is -0.145. The molecular weight excluding hydrogens is 1460 g/mol. The highest BCUT2D eigenvalue weighted by molar-refractivity contribution is 7.13. The van der Waals surface area contributed by atoms with Crippen molar-refractivity contribution in [2.75, 3.05) is 19.6 Å². The number of aliphatic hydroxyl groups excluding tert-OH is 4. The predicted molar refractivity (Wildman–Crippen MR) is 418 cm³/mol. The lowest BCUT2D eigenvalue weighted by Crippen LogP contribution is -2.57. The number of benzene rings is 6. The molecule has 9 atom stereocenters. The summed E-state index contributed by atoms with van der Waals surface area (Å²) in [5.41, 5.74) is 15.8. The molecule has 9 aromatic rings. The molecule has 0 radical (unpaired) electrons. The molecule has 0 bridgehead atoms. The third-order valence-electron chi connectivity index (χ3n) is 22.1. The van der Waals surface area contributed by atoms with Gasteiger partial charge in [0.15, 0.2) is 0 Å². The van der Waals surface area contributed by atoms with E-state index in [1.165, 1.54) is 26.5 Å². The van der Waals surface area contributed by atoms with Crippen LogP contribution in [0.15, 0.2) is 169 Å². The number of hydrogen-bond acceptors (Lipinski definition) is 18. The van der Waals surface area contributed by atoms with E-state index in [4.69, 9.17) is 0 Å². The first-order valence-electron chi connectivity index (χ1n) is 37.7. The molecule has 1 saturated carbocycles. The van der Waals surface area contributed by atoms with Crippen LogP contribution in [0.3, 0.4) is 0 Å². The van der Waals surface area contributed by atoms with Gasteiger partial charge in [0.25, 0.3) is 17.7 Å². The van der Waals surface area contributed by atoms with Crippen molar-refractivity contribution in [1.82, 2.24) is 65.5 Å². The van der Waals surface area contributed by atoms with Gasteiger partial charge in [-0.3, -0.25) is 48.2 Å². The standard InChI is InChI=1S/C28H31N5O4.C28H30N4O5S.C28H28N4O4S/c1-17(2)25(33-15-20-5-3-4-6-22(20)27(33)36)28(37)32-16-21(34)13-24(32)26(35)29-14-18-7-9-19(10-8-18)23-11-12-30-31-23;1-16-25(38-15-30-16)19-9-7-18(8-10-19)12-29-26(35)23-11-21(34)14-31(23)28(37)24(17(2)33)32-13-20-5-3-4-6-22(20)27(32)36;1-17-24(37-16-30-17)19-8-6-18(7-9-19)13-29-25(34)23-12-21(33)15-31(23)27(36)28(10-11-28)32-14-20-4-2-3-5-22(20)26(32)35/h3-12,17,21,24-25,34H,13-16H2,1-2H3,(H,29,35)(H,30,31);3-10,15,17,21,23-24,33-34H,11-14H2,1-2H3,(H,29,35);2-9,16,21,23,33H,10-15H2,1H3,(H,29,34)/t21-,24+,25+;17-,21+,23-,24-;21-,23+/m101/s1. The second kappa shape index (κ2) is 33.0. The second-order valence-electron chi connectivity index (χ2n) is 30.0. The average Bonchev–Trinajstić information content (AvgIpc) is 1.56. The van der Waals surface area contributed by atoms with Gasteiger partial charge in [0.05, 0.1) is 62.3 Å². The number of carbonyl (C=O) groups is 9. The van der Waals surface area contributed by atoms with E-state index in [-0.39, 0.29) is 99.3 Å². The Bertz CT molecular complexity index is 5010. The van der Waals surface area contributed by atoms with Crippen LogP contribution in [0.2, 0.25) is 0 Å². The summed E-state index contributed by atoms with van der Waals surface area (Å²) in [6.45, 7) is 11.1. The number of aliphatic hydroxyl groups is 4. The molecule has 6 aromatic carbocycles. The van der Waals surface area contributed by atoms with Crippen molar-refractivity contribution in [3.63, 3.8) is 0 Å². The van der Waals surface area contributed by atoms with Crippen molar-refractivity contribution in [2.45, 2.75) is 166 Å². The van der Waals surface area contributed by atoms with Crippen molar-refractivity contribution in [3.05, 3.63) is 230 Å². The first-order chi connectivity index (χ1) is 53.9. The fourth-order valence-electron chi connectivity index (χ4n) is 16.1. The van der Waals surface area contributed by atoms with Crippen LogP contribution in [0, 0.1) is 19.8 Å². The number of amides is 9. The number of nitrogens with one attached hydrogen (secondary N) is 4. The molecule has 9 heterocycles. The number of nitrogens with zero attached hydrogens (tertiary/aromatic N) is 9. The molecule has 6 aliphatic heterocycles. The average molecular weight is 1550 g/mol. The van der Waals surface area contributed by atoms with Gasteiger partial charge in [0.2, 0.25) is 35.4 Å². The number of likely N-dealkylation sites (tertiary alicyclic amines) is 3. The molecule has 16 rings (SSSR count). The number of rotatable bonds is 20. The summed E-state index contributed by atoms with van der Waals surface area (Å²) < 4.78 is 0. The first-order valence-corrected chi connectivity index (χ1v) is 39.4. The third-order valence-corrected chi connectivity index (χ3v) is 24.0. The summed E-state index contributed by atoms with van der Waals surface area (Å²) in [6.07, 6.45) is -0.356. The smallest absolute Gasteiger partial charge is 0.255 e. The third kappa shape index (κ3) is 16.1. The van der Waals surface area contributed by atoms with E-state index >= 15 is 0 Å². The Morgan fingerprint density at radius 3 is 1.26 bits per heavy atom. The highest BCUT2D eigenvalue weighted by Crippen LogP contribution is 2.48. The molecule has 9 amide bonds. The van der Waals surface area contributed by atoms with Gasteiger partial charge in [-0.1, -0.05) is 141 Å². The molecule has 580 valence electrons. The maximum Gasteiger partial charge on any atom is 0.255 e. The zero-order chi connectivity index (χ0) is 78.8. The van der Waals surface area contributed by atoms with Crippen molar-refractivity contribution in [2.24, 2.45) is 5.92 Å². The number of aromatic nitrogens is 4. The number of β-amino-alcohol motifs (C(OH)–C–C–N with tert-alkyl or cyclic N) is 3. The SMILES string of the molecule is CC(C)[C@@H](C(=O)N1C[C@H](O)C[C@H]1C(=O)NCc1ccc(-c2ccn[nH]2)cc1)N1Cc2ccccc2C1=O.Cc1ncsc1-c1ccc(CNC(=O)[C@@H]2C[C@@H](O)CN2C(=O)C2(N3Cc4ccccc4C3=O)CC2)cc1.Cc1ncsc1-c1ccc(CNC(=O)[C@@H]2C[C@@H](O)CN2C(=O)[C@H]([C@H](C)O)N2Cc3ccccc3C2=O)cc1. The zero-order valence-corrected chi connectivity index (χ0v) is 64.3. The summed E-state index contributed by atoms with van der Waals surface area (Å²) in [5, 5.41) is 57.3. The van der Waals surface area contributed by atoms with E-state index in [1.807, 2.05) is 166 Å². The molecule has 26 nitrogen and oxygen atoms in total. The van der Waals surface area contributed by atoms with Crippen LogP contribution < -0.4 is 16.0 Å². The Morgan fingerprint density at radius 1 is 0.500 bits per heavy atom. The van der Waals surface area contributed by atoms with Crippen LogP contribution >= 0.6 is 22.7 Å². The van der Waals surface area contributed by atoms with E-state index < -0.39 is 72.0 Å². The van der Waals surface area contributed by atoms with Gasteiger partial charge >= 0.3 is 0 Å². The summed E-state index contributed by atoms with van der Waals surface area (Å²) in [5.74, 6) is -2.93. The summed E-state index contributed by atoms with van der Waals surface area (Å²) in [4.78, 5) is 140. The van der Waals surface area contributed by atoms with Crippen molar-refractivity contribution < 1.29 is 63.6 Å². The number of aryl methyl sites for hydroxylation is 2.